The molecule has 4 unspecified atom stereocenters. The summed E-state index contributed by atoms with van der Waals surface area (Å²) in [4.78, 5) is 25.3. The first kappa shape index (κ1) is 17.7. The zero-order valence-electron chi connectivity index (χ0n) is 15.2. The lowest BCUT2D eigenvalue weighted by Gasteiger charge is -2.28. The molecular formula is C21H28N2O3. The van der Waals surface area contributed by atoms with Crippen molar-refractivity contribution in [3.8, 4) is 0 Å². The second kappa shape index (κ2) is 7.49. The van der Waals surface area contributed by atoms with E-state index in [1.807, 2.05) is 30.3 Å². The Hall–Kier alpha value is -1.72. The summed E-state index contributed by atoms with van der Waals surface area (Å²) in [5.74, 6) is 0.582. The van der Waals surface area contributed by atoms with Crippen LogP contribution in [0.15, 0.2) is 30.3 Å². The highest BCUT2D eigenvalue weighted by Gasteiger charge is 2.58. The number of amides is 1. The van der Waals surface area contributed by atoms with Crippen LogP contribution in [0.4, 0.5) is 0 Å². The molecular weight excluding hydrogens is 328 g/mol. The van der Waals surface area contributed by atoms with Gasteiger partial charge in [-0.05, 0) is 30.7 Å². The van der Waals surface area contributed by atoms with Gasteiger partial charge in [0.1, 0.15) is 6.61 Å². The first-order chi connectivity index (χ1) is 12.7. The van der Waals surface area contributed by atoms with E-state index in [1.165, 1.54) is 19.3 Å². The number of Topliss-reactive ketones (excluding diaryl/α,β-unsaturated/α-hetero) is 1. The lowest BCUT2D eigenvalue weighted by Crippen LogP contribution is -2.37. The molecule has 2 heterocycles. The predicted octanol–water partition coefficient (Wildman–Crippen LogP) is 2.20. The summed E-state index contributed by atoms with van der Waals surface area (Å²) < 4.78 is 5.61. The Morgan fingerprint density at radius 3 is 2.81 bits per heavy atom. The van der Waals surface area contributed by atoms with Crippen LogP contribution in [0.25, 0.3) is 0 Å². The summed E-state index contributed by atoms with van der Waals surface area (Å²) in [5, 5.41) is 6.56. The average molecular weight is 356 g/mol. The molecule has 2 saturated heterocycles. The monoisotopic (exact) mass is 356 g/mol. The Bertz CT molecular complexity index is 662. The Balaban J connectivity index is 1.35. The van der Waals surface area contributed by atoms with Gasteiger partial charge in [0.15, 0.2) is 5.78 Å². The number of benzene rings is 1. The van der Waals surface area contributed by atoms with Crippen LogP contribution in [-0.4, -0.2) is 36.9 Å². The largest absolute Gasteiger partial charge is 0.369 e. The van der Waals surface area contributed by atoms with Crippen molar-refractivity contribution in [3.05, 3.63) is 35.9 Å². The smallest absolute Gasteiger partial charge is 0.228 e. The van der Waals surface area contributed by atoms with E-state index in [2.05, 4.69) is 10.6 Å². The standard InChI is InChI=1S/C21H28N2O3/c24-19(13-26-12-15-7-3-1-4-8-15)18-11-21(14-22-18)16-9-5-2-6-10-17(16)23-20(21)25/h1,3-4,7-8,16-18,22H,2,5-6,9-14H2,(H,23,25). The van der Waals surface area contributed by atoms with E-state index in [0.29, 0.717) is 31.5 Å². The molecule has 3 aliphatic rings. The van der Waals surface area contributed by atoms with Gasteiger partial charge in [0.05, 0.1) is 18.1 Å². The topological polar surface area (TPSA) is 67.4 Å². The molecule has 1 spiro atoms. The fraction of sp³-hybridized carbons (Fsp3) is 0.619. The summed E-state index contributed by atoms with van der Waals surface area (Å²) in [6.07, 6.45) is 6.43. The van der Waals surface area contributed by atoms with E-state index in [4.69, 9.17) is 4.74 Å². The SMILES string of the molecule is O=C(COCc1ccccc1)C1CC2(CN1)C(=O)NC1CCCCCC12. The third kappa shape index (κ3) is 3.30. The molecule has 3 fully saturated rings. The number of nitrogens with one attached hydrogen (secondary N) is 2. The molecule has 1 aliphatic carbocycles. The lowest BCUT2D eigenvalue weighted by molar-refractivity contribution is -0.128. The number of fused-ring (bicyclic) bond motifs is 2. The minimum atomic E-state index is -0.394. The van der Waals surface area contributed by atoms with Crippen molar-refractivity contribution in [1.29, 1.82) is 0 Å². The Kier molecular flexibility index (Phi) is 5.09. The number of ketones is 1. The number of ether oxygens (including phenoxy) is 1. The van der Waals surface area contributed by atoms with Crippen molar-refractivity contribution >= 4 is 11.7 Å². The molecule has 0 aromatic heterocycles. The van der Waals surface area contributed by atoms with Crippen LogP contribution >= 0.6 is 0 Å². The van der Waals surface area contributed by atoms with Crippen LogP contribution in [0.5, 0.6) is 0 Å². The Morgan fingerprint density at radius 2 is 1.96 bits per heavy atom. The molecule has 1 saturated carbocycles. The molecule has 0 radical (unpaired) electrons. The summed E-state index contributed by atoms with van der Waals surface area (Å²) in [6, 6.07) is 9.90. The van der Waals surface area contributed by atoms with Crippen LogP contribution in [0.1, 0.15) is 44.1 Å². The summed E-state index contributed by atoms with van der Waals surface area (Å²) in [6.45, 7) is 1.16. The van der Waals surface area contributed by atoms with E-state index < -0.39 is 5.41 Å². The first-order valence-corrected chi connectivity index (χ1v) is 9.88. The lowest BCUT2D eigenvalue weighted by atomic mass is 9.71. The molecule has 5 heteroatoms. The van der Waals surface area contributed by atoms with Crippen molar-refractivity contribution in [1.82, 2.24) is 10.6 Å². The zero-order valence-corrected chi connectivity index (χ0v) is 15.2. The highest BCUT2D eigenvalue weighted by molar-refractivity contribution is 5.91. The Labute approximate surface area is 154 Å². The van der Waals surface area contributed by atoms with E-state index >= 15 is 0 Å². The highest BCUT2D eigenvalue weighted by Crippen LogP contribution is 2.48. The molecule has 2 aliphatic heterocycles. The molecule has 1 amide bonds. The van der Waals surface area contributed by atoms with Gasteiger partial charge in [-0.2, -0.15) is 0 Å². The first-order valence-electron chi connectivity index (χ1n) is 9.88. The number of carbonyl (C=O) groups excluding carboxylic acids is 2. The molecule has 26 heavy (non-hydrogen) atoms. The van der Waals surface area contributed by atoms with E-state index in [9.17, 15) is 9.59 Å². The van der Waals surface area contributed by atoms with Crippen LogP contribution in [0.3, 0.4) is 0 Å². The van der Waals surface area contributed by atoms with Crippen molar-refractivity contribution in [2.24, 2.45) is 11.3 Å². The second-order valence-electron chi connectivity index (χ2n) is 8.06. The van der Waals surface area contributed by atoms with Crippen molar-refractivity contribution < 1.29 is 14.3 Å². The van der Waals surface area contributed by atoms with Crippen LogP contribution < -0.4 is 10.6 Å². The molecule has 1 aromatic rings. The zero-order chi connectivity index (χ0) is 18.0. The summed E-state index contributed by atoms with van der Waals surface area (Å²) >= 11 is 0. The van der Waals surface area contributed by atoms with E-state index in [1.54, 1.807) is 0 Å². The fourth-order valence-corrected chi connectivity index (χ4v) is 5.06. The molecule has 2 N–H and O–H groups in total. The summed E-state index contributed by atoms with van der Waals surface area (Å²) in [7, 11) is 0. The average Bonchev–Trinajstić information content (AvgIpc) is 3.11. The van der Waals surface area contributed by atoms with Crippen LogP contribution in [-0.2, 0) is 20.9 Å². The van der Waals surface area contributed by atoms with Crippen molar-refractivity contribution in [3.63, 3.8) is 0 Å². The number of hydrogen-bond acceptors (Lipinski definition) is 4. The number of carbonyl (C=O) groups is 2. The van der Waals surface area contributed by atoms with Gasteiger partial charge in [0, 0.05) is 12.6 Å². The molecule has 0 bridgehead atoms. The van der Waals surface area contributed by atoms with Gasteiger partial charge >= 0.3 is 0 Å². The van der Waals surface area contributed by atoms with Crippen LogP contribution in [0.2, 0.25) is 0 Å². The van der Waals surface area contributed by atoms with Gasteiger partial charge in [-0.1, -0.05) is 49.6 Å². The van der Waals surface area contributed by atoms with Crippen molar-refractivity contribution in [2.45, 2.75) is 57.2 Å². The van der Waals surface area contributed by atoms with Crippen LogP contribution in [0, 0.1) is 11.3 Å². The maximum atomic E-state index is 12.8. The third-order valence-corrected chi connectivity index (χ3v) is 6.47. The van der Waals surface area contributed by atoms with Gasteiger partial charge in [-0.3, -0.25) is 9.59 Å². The quantitative estimate of drug-likeness (QED) is 0.849. The third-order valence-electron chi connectivity index (χ3n) is 6.47. The minimum Gasteiger partial charge on any atom is -0.369 e. The van der Waals surface area contributed by atoms with Gasteiger partial charge in [0.25, 0.3) is 0 Å². The van der Waals surface area contributed by atoms with Crippen molar-refractivity contribution in [2.75, 3.05) is 13.2 Å². The molecule has 1 aromatic carbocycles. The number of hydrogen-bond donors (Lipinski definition) is 2. The van der Waals surface area contributed by atoms with E-state index in [-0.39, 0.29) is 24.3 Å². The highest BCUT2D eigenvalue weighted by atomic mass is 16.5. The van der Waals surface area contributed by atoms with Gasteiger partial charge in [-0.25, -0.2) is 0 Å². The Morgan fingerprint density at radius 1 is 1.15 bits per heavy atom. The van der Waals surface area contributed by atoms with Gasteiger partial charge in [0.2, 0.25) is 5.91 Å². The van der Waals surface area contributed by atoms with Gasteiger partial charge in [-0.15, -0.1) is 0 Å². The molecule has 5 nitrogen and oxygen atoms in total. The number of rotatable bonds is 5. The summed E-state index contributed by atoms with van der Waals surface area (Å²) in [5.41, 5.74) is 0.669. The maximum Gasteiger partial charge on any atom is 0.228 e. The fourth-order valence-electron chi connectivity index (χ4n) is 5.06. The molecule has 140 valence electrons. The molecule has 4 atom stereocenters. The van der Waals surface area contributed by atoms with E-state index in [0.717, 1.165) is 18.4 Å². The van der Waals surface area contributed by atoms with Gasteiger partial charge < -0.3 is 15.4 Å². The maximum absolute atomic E-state index is 12.8. The predicted molar refractivity (Wildman–Crippen MR) is 98.5 cm³/mol. The normalized spacial score (nSPS) is 33.7. The molecule has 4 rings (SSSR count). The second-order valence-corrected chi connectivity index (χ2v) is 8.06. The minimum absolute atomic E-state index is 0.0580.